The SMILES string of the molecule is O=C(O)CCNC(=O)c1cc2ccccc2c(Cl)n1. The molecule has 0 saturated heterocycles. The van der Waals surface area contributed by atoms with Gasteiger partial charge in [-0.3, -0.25) is 9.59 Å². The van der Waals surface area contributed by atoms with E-state index >= 15 is 0 Å². The summed E-state index contributed by atoms with van der Waals surface area (Å²) in [6.45, 7) is 0.0558. The van der Waals surface area contributed by atoms with E-state index in [1.807, 2.05) is 24.3 Å². The predicted molar refractivity (Wildman–Crippen MR) is 71.3 cm³/mol. The van der Waals surface area contributed by atoms with Crippen LogP contribution in [0.2, 0.25) is 5.15 Å². The second kappa shape index (κ2) is 5.67. The van der Waals surface area contributed by atoms with Crippen LogP contribution in [0.5, 0.6) is 0 Å². The van der Waals surface area contributed by atoms with Crippen LogP contribution in [0.4, 0.5) is 0 Å². The first-order valence-corrected chi connectivity index (χ1v) is 6.01. The number of benzene rings is 1. The van der Waals surface area contributed by atoms with Crippen molar-refractivity contribution in [3.63, 3.8) is 0 Å². The third kappa shape index (κ3) is 3.20. The highest BCUT2D eigenvalue weighted by Gasteiger charge is 2.11. The van der Waals surface area contributed by atoms with E-state index in [0.29, 0.717) is 0 Å². The number of carbonyl (C=O) groups excluding carboxylic acids is 1. The van der Waals surface area contributed by atoms with Crippen molar-refractivity contribution >= 4 is 34.2 Å². The van der Waals surface area contributed by atoms with E-state index in [1.165, 1.54) is 0 Å². The highest BCUT2D eigenvalue weighted by molar-refractivity contribution is 6.34. The number of halogens is 1. The van der Waals surface area contributed by atoms with Gasteiger partial charge in [-0.1, -0.05) is 35.9 Å². The van der Waals surface area contributed by atoms with Crippen LogP contribution in [0.1, 0.15) is 16.9 Å². The molecule has 1 amide bonds. The molecule has 1 aromatic heterocycles. The fraction of sp³-hybridized carbons (Fsp3) is 0.154. The molecule has 1 heterocycles. The summed E-state index contributed by atoms with van der Waals surface area (Å²) in [5, 5.41) is 12.8. The van der Waals surface area contributed by atoms with Crippen molar-refractivity contribution < 1.29 is 14.7 Å². The van der Waals surface area contributed by atoms with Gasteiger partial charge in [0.15, 0.2) is 0 Å². The lowest BCUT2D eigenvalue weighted by Crippen LogP contribution is -2.26. The van der Waals surface area contributed by atoms with Crippen molar-refractivity contribution in [2.45, 2.75) is 6.42 Å². The van der Waals surface area contributed by atoms with Crippen LogP contribution in [0.15, 0.2) is 30.3 Å². The topological polar surface area (TPSA) is 79.3 Å². The first kappa shape index (κ1) is 13.3. The van der Waals surface area contributed by atoms with Crippen LogP contribution < -0.4 is 5.32 Å². The van der Waals surface area contributed by atoms with Crippen molar-refractivity contribution in [2.75, 3.05) is 6.54 Å². The minimum Gasteiger partial charge on any atom is -0.481 e. The lowest BCUT2D eigenvalue weighted by molar-refractivity contribution is -0.136. The number of fused-ring (bicyclic) bond motifs is 1. The molecule has 0 spiro atoms. The van der Waals surface area contributed by atoms with Gasteiger partial charge in [-0.15, -0.1) is 0 Å². The smallest absolute Gasteiger partial charge is 0.305 e. The van der Waals surface area contributed by atoms with Crippen molar-refractivity contribution in [2.24, 2.45) is 0 Å². The molecule has 0 unspecified atom stereocenters. The van der Waals surface area contributed by atoms with Crippen LogP contribution in [-0.2, 0) is 4.79 Å². The number of carboxylic acid groups (broad SMARTS) is 1. The number of carboxylic acids is 1. The molecule has 0 aliphatic heterocycles. The fourth-order valence-electron chi connectivity index (χ4n) is 1.65. The van der Waals surface area contributed by atoms with Gasteiger partial charge < -0.3 is 10.4 Å². The first-order chi connectivity index (χ1) is 9.08. The first-order valence-electron chi connectivity index (χ1n) is 5.63. The predicted octanol–water partition coefficient (Wildman–Crippen LogP) is 2.09. The maximum atomic E-state index is 11.8. The molecule has 2 N–H and O–H groups in total. The van der Waals surface area contributed by atoms with Crippen LogP contribution in [-0.4, -0.2) is 28.5 Å². The lowest BCUT2D eigenvalue weighted by Gasteiger charge is -2.05. The Kier molecular flexibility index (Phi) is 3.97. The number of carbonyl (C=O) groups is 2. The van der Waals surface area contributed by atoms with Crippen molar-refractivity contribution in [3.8, 4) is 0 Å². The molecule has 0 bridgehead atoms. The van der Waals surface area contributed by atoms with E-state index in [2.05, 4.69) is 10.3 Å². The highest BCUT2D eigenvalue weighted by atomic mass is 35.5. The zero-order chi connectivity index (χ0) is 13.8. The van der Waals surface area contributed by atoms with E-state index in [-0.39, 0.29) is 23.8 Å². The third-order valence-corrected chi connectivity index (χ3v) is 2.84. The zero-order valence-electron chi connectivity index (χ0n) is 9.89. The van der Waals surface area contributed by atoms with E-state index in [0.717, 1.165) is 10.8 Å². The summed E-state index contributed by atoms with van der Waals surface area (Å²) in [7, 11) is 0. The number of aliphatic carboxylic acids is 1. The zero-order valence-corrected chi connectivity index (χ0v) is 10.6. The van der Waals surface area contributed by atoms with Gasteiger partial charge in [0, 0.05) is 11.9 Å². The molecule has 0 aliphatic carbocycles. The van der Waals surface area contributed by atoms with E-state index in [1.54, 1.807) is 6.07 Å². The van der Waals surface area contributed by atoms with Crippen LogP contribution in [0, 0.1) is 0 Å². The molecular formula is C13H11ClN2O3. The molecule has 0 fully saturated rings. The number of amides is 1. The molecule has 19 heavy (non-hydrogen) atoms. The summed E-state index contributed by atoms with van der Waals surface area (Å²) >= 11 is 6.01. The minimum atomic E-state index is -0.968. The molecule has 2 aromatic rings. The van der Waals surface area contributed by atoms with Gasteiger partial charge in [0.25, 0.3) is 5.91 Å². The second-order valence-corrected chi connectivity index (χ2v) is 4.28. The van der Waals surface area contributed by atoms with Crippen LogP contribution in [0.3, 0.4) is 0 Å². The third-order valence-electron chi connectivity index (χ3n) is 2.55. The Morgan fingerprint density at radius 3 is 2.79 bits per heavy atom. The van der Waals surface area contributed by atoms with Gasteiger partial charge in [-0.05, 0) is 11.5 Å². The Morgan fingerprint density at radius 2 is 2.05 bits per heavy atom. The standard InChI is InChI=1S/C13H11ClN2O3/c14-12-9-4-2-1-3-8(9)7-10(16-12)13(19)15-6-5-11(17)18/h1-4,7H,5-6H2,(H,15,19)(H,17,18). The summed E-state index contributed by atoms with van der Waals surface area (Å²) in [4.78, 5) is 26.2. The van der Waals surface area contributed by atoms with Crippen molar-refractivity contribution in [1.82, 2.24) is 10.3 Å². The Bertz CT molecular complexity index is 643. The number of nitrogens with zero attached hydrogens (tertiary/aromatic N) is 1. The number of aromatic nitrogens is 1. The summed E-state index contributed by atoms with van der Waals surface area (Å²) in [6, 6.07) is 8.94. The minimum absolute atomic E-state index is 0.0558. The summed E-state index contributed by atoms with van der Waals surface area (Å²) in [5.74, 6) is -1.40. The maximum absolute atomic E-state index is 11.8. The average Bonchev–Trinajstić information content (AvgIpc) is 2.38. The van der Waals surface area contributed by atoms with Gasteiger partial charge in [-0.25, -0.2) is 4.98 Å². The van der Waals surface area contributed by atoms with Crippen LogP contribution >= 0.6 is 11.6 Å². The quantitative estimate of drug-likeness (QED) is 0.840. The number of rotatable bonds is 4. The van der Waals surface area contributed by atoms with Crippen molar-refractivity contribution in [3.05, 3.63) is 41.2 Å². The molecule has 1 aromatic carbocycles. The van der Waals surface area contributed by atoms with Gasteiger partial charge in [0.05, 0.1) is 6.42 Å². The molecule has 0 saturated carbocycles. The summed E-state index contributed by atoms with van der Waals surface area (Å²) < 4.78 is 0. The lowest BCUT2D eigenvalue weighted by atomic mass is 10.1. The molecule has 0 aliphatic rings. The highest BCUT2D eigenvalue weighted by Crippen LogP contribution is 2.22. The molecular weight excluding hydrogens is 268 g/mol. The molecule has 98 valence electrons. The number of hydrogen-bond donors (Lipinski definition) is 2. The van der Waals surface area contributed by atoms with E-state index < -0.39 is 11.9 Å². The average molecular weight is 279 g/mol. The number of hydrogen-bond acceptors (Lipinski definition) is 3. The summed E-state index contributed by atoms with van der Waals surface area (Å²) in [6.07, 6.45) is -0.132. The molecule has 0 radical (unpaired) electrons. The molecule has 5 nitrogen and oxygen atoms in total. The molecule has 2 rings (SSSR count). The number of pyridine rings is 1. The molecule has 6 heteroatoms. The van der Waals surface area contributed by atoms with Gasteiger partial charge >= 0.3 is 5.97 Å². The van der Waals surface area contributed by atoms with E-state index in [9.17, 15) is 9.59 Å². The van der Waals surface area contributed by atoms with Gasteiger partial charge in [0.1, 0.15) is 10.8 Å². The second-order valence-electron chi connectivity index (χ2n) is 3.92. The monoisotopic (exact) mass is 278 g/mol. The molecule has 0 atom stereocenters. The van der Waals surface area contributed by atoms with Crippen LogP contribution in [0.25, 0.3) is 10.8 Å². The van der Waals surface area contributed by atoms with Crippen molar-refractivity contribution in [1.29, 1.82) is 0 Å². The Hall–Kier alpha value is -2.14. The van der Waals surface area contributed by atoms with Gasteiger partial charge in [0.2, 0.25) is 0 Å². The van der Waals surface area contributed by atoms with Gasteiger partial charge in [-0.2, -0.15) is 0 Å². The maximum Gasteiger partial charge on any atom is 0.305 e. The Labute approximate surface area is 114 Å². The van der Waals surface area contributed by atoms with E-state index in [4.69, 9.17) is 16.7 Å². The number of nitrogens with one attached hydrogen (secondary N) is 1. The summed E-state index contributed by atoms with van der Waals surface area (Å²) in [5.41, 5.74) is 0.175. The normalized spacial score (nSPS) is 10.4. The Balaban J connectivity index is 2.20. The largest absolute Gasteiger partial charge is 0.481 e. The fourth-order valence-corrected chi connectivity index (χ4v) is 1.91. The Morgan fingerprint density at radius 1 is 1.32 bits per heavy atom.